The van der Waals surface area contributed by atoms with Crippen LogP contribution < -0.4 is 16.2 Å². The molecule has 0 saturated carbocycles. The third-order valence-electron chi connectivity index (χ3n) is 5.02. The molecule has 1 atom stereocenters. The highest BCUT2D eigenvalue weighted by Gasteiger charge is 2.22. The molecule has 12 heteroatoms. The molecule has 202 valence electrons. The molecule has 0 spiro atoms. The first-order chi connectivity index (χ1) is 18.6. The Labute approximate surface area is 229 Å². The molecule has 0 aliphatic rings. The van der Waals surface area contributed by atoms with E-state index < -0.39 is 11.9 Å². The maximum atomic E-state index is 12.9. The van der Waals surface area contributed by atoms with Gasteiger partial charge in [0, 0.05) is 18.6 Å². The van der Waals surface area contributed by atoms with E-state index in [4.69, 9.17) is 47.0 Å². The van der Waals surface area contributed by atoms with Crippen molar-refractivity contribution in [1.82, 2.24) is 4.90 Å². The Kier molecular flexibility index (Phi) is 13.6. The number of hydrogen-bond acceptors (Lipinski definition) is 8. The van der Waals surface area contributed by atoms with E-state index in [0.717, 1.165) is 5.56 Å². The number of amides is 1. The van der Waals surface area contributed by atoms with Crippen molar-refractivity contribution in [2.75, 3.05) is 7.05 Å². The van der Waals surface area contributed by atoms with Gasteiger partial charge in [0.05, 0.1) is 17.2 Å². The summed E-state index contributed by atoms with van der Waals surface area (Å²) in [5.74, 6) is -0.870. The Morgan fingerprint density at radius 2 is 1.51 bits per heavy atom. The van der Waals surface area contributed by atoms with Gasteiger partial charge in [-0.2, -0.15) is 19.2 Å². The van der Waals surface area contributed by atoms with Crippen LogP contribution in [0.2, 0.25) is 5.02 Å². The number of nitrogens with zero attached hydrogens (tertiary/aromatic N) is 2. The summed E-state index contributed by atoms with van der Waals surface area (Å²) in [6, 6.07) is 20.9. The summed E-state index contributed by atoms with van der Waals surface area (Å²) in [6.07, 6.45) is 0.500. The van der Waals surface area contributed by atoms with E-state index in [9.17, 15) is 9.59 Å². The highest BCUT2D eigenvalue weighted by molar-refractivity contribution is 6.31. The number of carbonyl (C=O) groups excluding carboxylic acids is 6. The predicted molar refractivity (Wildman–Crippen MR) is 140 cm³/mol. The van der Waals surface area contributed by atoms with Crippen LogP contribution in [0.4, 0.5) is 5.69 Å². The topological polar surface area (TPSA) is 179 Å². The first kappa shape index (κ1) is 31.9. The molecule has 0 heterocycles. The summed E-state index contributed by atoms with van der Waals surface area (Å²) in [7, 11) is 1.76. The van der Waals surface area contributed by atoms with Gasteiger partial charge in [0.25, 0.3) is 0 Å². The largest absolute Gasteiger partial charge is 0.423 e. The maximum absolute atomic E-state index is 12.9. The monoisotopic (exact) mass is 552 g/mol. The fraction of sp³-hybridized carbons (Fsp3) is 0.148. The summed E-state index contributed by atoms with van der Waals surface area (Å²) < 4.78 is 5.42. The second-order valence-corrected chi connectivity index (χ2v) is 8.13. The van der Waals surface area contributed by atoms with Crippen molar-refractivity contribution in [2.45, 2.75) is 19.4 Å². The van der Waals surface area contributed by atoms with Gasteiger partial charge in [-0.15, -0.1) is 0 Å². The fourth-order valence-corrected chi connectivity index (χ4v) is 3.64. The van der Waals surface area contributed by atoms with Crippen LogP contribution in [0, 0.1) is 0 Å². The van der Waals surface area contributed by atoms with Crippen LogP contribution in [0.15, 0.2) is 77.8 Å². The van der Waals surface area contributed by atoms with Crippen molar-refractivity contribution in [3.63, 3.8) is 0 Å². The van der Waals surface area contributed by atoms with Crippen LogP contribution in [0.3, 0.4) is 0 Å². The number of esters is 1. The highest BCUT2D eigenvalue weighted by atomic mass is 35.5. The SMILES string of the molecule is CC(C(=O)N(C)Cc1ccccc1)c1ccc(OC(=O)c2ccc(N=C(N)N)cc2)cc1Cl.O=C=O.O=C=O. The second-order valence-electron chi connectivity index (χ2n) is 7.72. The van der Waals surface area contributed by atoms with Gasteiger partial charge in [-0.25, -0.2) is 9.79 Å². The van der Waals surface area contributed by atoms with Crippen LogP contribution in [0.5, 0.6) is 5.75 Å². The molecule has 0 aliphatic carbocycles. The minimum Gasteiger partial charge on any atom is -0.423 e. The Morgan fingerprint density at radius 1 is 0.949 bits per heavy atom. The zero-order valence-corrected chi connectivity index (χ0v) is 21.8. The average Bonchev–Trinajstić information content (AvgIpc) is 2.89. The molecule has 11 nitrogen and oxygen atoms in total. The number of ether oxygens (including phenoxy) is 1. The number of halogens is 1. The molecule has 3 aromatic rings. The molecule has 0 fully saturated rings. The van der Waals surface area contributed by atoms with E-state index in [1.807, 2.05) is 30.3 Å². The lowest BCUT2D eigenvalue weighted by Gasteiger charge is -2.22. The lowest BCUT2D eigenvalue weighted by atomic mass is 9.99. The average molecular weight is 553 g/mol. The number of benzene rings is 3. The molecule has 39 heavy (non-hydrogen) atoms. The van der Waals surface area contributed by atoms with Crippen LogP contribution in [-0.4, -0.2) is 42.1 Å². The Morgan fingerprint density at radius 3 is 2.03 bits per heavy atom. The van der Waals surface area contributed by atoms with Crippen molar-refractivity contribution >= 4 is 47.4 Å². The highest BCUT2D eigenvalue weighted by Crippen LogP contribution is 2.30. The van der Waals surface area contributed by atoms with Crippen molar-refractivity contribution in [1.29, 1.82) is 0 Å². The number of likely N-dealkylation sites (N-methyl/N-ethyl adjacent to an activating group) is 1. The van der Waals surface area contributed by atoms with Crippen molar-refractivity contribution < 1.29 is 33.5 Å². The molecule has 1 amide bonds. The standard InChI is InChI=1S/C25H25ClN4O3.2CO2/c1-16(23(31)30(2)15-17-6-4-3-5-7-17)21-13-12-20(14-22(21)26)33-24(32)18-8-10-19(11-9-18)29-25(27)28;2*2-1-3/h3-14,16H,15H2,1-2H3,(H4,27,28,29);;. The second kappa shape index (κ2) is 16.6. The van der Waals surface area contributed by atoms with E-state index in [1.165, 1.54) is 6.07 Å². The molecular formula is C27H25ClN4O7. The molecule has 3 rings (SSSR count). The van der Waals surface area contributed by atoms with Crippen LogP contribution in [0.1, 0.15) is 34.3 Å². The molecule has 0 bridgehead atoms. The molecule has 1 unspecified atom stereocenters. The molecule has 0 aliphatic heterocycles. The quantitative estimate of drug-likeness (QED) is 0.193. The van der Waals surface area contributed by atoms with Crippen LogP contribution >= 0.6 is 11.6 Å². The Bertz CT molecular complexity index is 1330. The first-order valence-electron chi connectivity index (χ1n) is 11.1. The molecule has 0 aromatic heterocycles. The number of guanidine groups is 1. The van der Waals surface area contributed by atoms with E-state index in [-0.39, 0.29) is 29.9 Å². The Hall–Kier alpha value is -5.08. The summed E-state index contributed by atoms with van der Waals surface area (Å²) in [4.78, 5) is 63.4. The third kappa shape index (κ3) is 10.8. The molecule has 4 N–H and O–H groups in total. The normalized spacial score (nSPS) is 10.0. The lowest BCUT2D eigenvalue weighted by molar-refractivity contribution is -0.193. The molecule has 0 radical (unpaired) electrons. The van der Waals surface area contributed by atoms with Crippen LogP contribution in [0.25, 0.3) is 0 Å². The summed E-state index contributed by atoms with van der Waals surface area (Å²) in [5, 5.41) is 0.345. The van der Waals surface area contributed by atoms with E-state index in [1.54, 1.807) is 55.3 Å². The minimum atomic E-state index is -0.554. The summed E-state index contributed by atoms with van der Waals surface area (Å²) in [6.45, 7) is 2.30. The number of carbonyl (C=O) groups is 2. The molecule has 3 aromatic carbocycles. The zero-order chi connectivity index (χ0) is 29.4. The lowest BCUT2D eigenvalue weighted by Crippen LogP contribution is -2.30. The number of nitrogens with two attached hydrogens (primary N) is 2. The van der Waals surface area contributed by atoms with Gasteiger partial charge in [0.2, 0.25) is 5.91 Å². The fourth-order valence-electron chi connectivity index (χ4n) is 3.31. The van der Waals surface area contributed by atoms with Gasteiger partial charge in [-0.3, -0.25) is 4.79 Å². The first-order valence-corrected chi connectivity index (χ1v) is 11.4. The van der Waals surface area contributed by atoms with E-state index in [0.29, 0.717) is 28.4 Å². The van der Waals surface area contributed by atoms with Crippen molar-refractivity contribution in [3.05, 3.63) is 94.5 Å². The smallest absolute Gasteiger partial charge is 0.373 e. The van der Waals surface area contributed by atoms with Gasteiger partial charge >= 0.3 is 18.3 Å². The van der Waals surface area contributed by atoms with Crippen LogP contribution in [-0.2, 0) is 30.5 Å². The summed E-state index contributed by atoms with van der Waals surface area (Å²) in [5.41, 5.74) is 13.2. The van der Waals surface area contributed by atoms with Gasteiger partial charge in [0.1, 0.15) is 5.75 Å². The third-order valence-corrected chi connectivity index (χ3v) is 5.35. The van der Waals surface area contributed by atoms with Crippen molar-refractivity contribution in [2.24, 2.45) is 16.5 Å². The van der Waals surface area contributed by atoms with Crippen molar-refractivity contribution in [3.8, 4) is 5.75 Å². The van der Waals surface area contributed by atoms with Gasteiger partial charge in [0.15, 0.2) is 5.96 Å². The van der Waals surface area contributed by atoms with Gasteiger partial charge in [-0.1, -0.05) is 48.0 Å². The molecular weight excluding hydrogens is 528 g/mol. The van der Waals surface area contributed by atoms with E-state index >= 15 is 0 Å². The maximum Gasteiger partial charge on any atom is 0.373 e. The minimum absolute atomic E-state index is 0.0636. The Balaban J connectivity index is 0.00000116. The number of hydrogen-bond donors (Lipinski definition) is 2. The predicted octanol–water partition coefficient (Wildman–Crippen LogP) is 3.06. The van der Waals surface area contributed by atoms with E-state index in [2.05, 4.69) is 4.99 Å². The molecule has 0 saturated heterocycles. The van der Waals surface area contributed by atoms with Gasteiger partial charge in [-0.05, 0) is 54.4 Å². The zero-order valence-electron chi connectivity index (χ0n) is 21.0. The van der Waals surface area contributed by atoms with Gasteiger partial charge < -0.3 is 21.1 Å². The summed E-state index contributed by atoms with van der Waals surface area (Å²) >= 11 is 6.43. The number of rotatable bonds is 7. The number of aliphatic imine (C=N–C) groups is 1.